The summed E-state index contributed by atoms with van der Waals surface area (Å²) in [6, 6.07) is 0. The SMILES string of the molecule is C=CNC(/N=C(\C)C(C)(C)CCC)=C(C)\C(=C\C)N(C)CCCON. The van der Waals surface area contributed by atoms with Gasteiger partial charge in [-0.05, 0) is 39.8 Å². The number of nitrogens with zero attached hydrogens (tertiary/aromatic N) is 2. The lowest BCUT2D eigenvalue weighted by atomic mass is 9.83. The van der Waals surface area contributed by atoms with E-state index in [4.69, 9.17) is 10.9 Å². The molecule has 5 nitrogen and oxygen atoms in total. The third-order valence-electron chi connectivity index (χ3n) is 4.55. The van der Waals surface area contributed by atoms with Crippen molar-refractivity contribution in [2.75, 3.05) is 20.2 Å². The molecule has 0 aliphatic carbocycles. The van der Waals surface area contributed by atoms with Gasteiger partial charge in [-0.1, -0.05) is 39.8 Å². The van der Waals surface area contributed by atoms with Gasteiger partial charge in [0.15, 0.2) is 0 Å². The van der Waals surface area contributed by atoms with Gasteiger partial charge in [0.2, 0.25) is 0 Å². The number of rotatable bonds is 12. The van der Waals surface area contributed by atoms with Crippen LogP contribution in [0.25, 0.3) is 0 Å². The zero-order valence-corrected chi connectivity index (χ0v) is 17.3. The fourth-order valence-corrected chi connectivity index (χ4v) is 2.80. The Bertz CT molecular complexity index is 504. The minimum absolute atomic E-state index is 0.0730. The molecule has 0 fully saturated rings. The highest BCUT2D eigenvalue weighted by molar-refractivity contribution is 5.88. The largest absolute Gasteiger partial charge is 0.374 e. The lowest BCUT2D eigenvalue weighted by Gasteiger charge is -2.26. The van der Waals surface area contributed by atoms with Crippen molar-refractivity contribution in [2.24, 2.45) is 16.3 Å². The van der Waals surface area contributed by atoms with Crippen LogP contribution in [0.4, 0.5) is 0 Å². The predicted molar refractivity (Wildman–Crippen MR) is 109 cm³/mol. The lowest BCUT2D eigenvalue weighted by Crippen LogP contribution is -2.25. The summed E-state index contributed by atoms with van der Waals surface area (Å²) in [7, 11) is 2.07. The average Bonchev–Trinajstić information content (AvgIpc) is 2.55. The van der Waals surface area contributed by atoms with Crippen LogP contribution in [-0.4, -0.2) is 30.8 Å². The van der Waals surface area contributed by atoms with E-state index in [0.29, 0.717) is 6.61 Å². The Morgan fingerprint density at radius 1 is 1.36 bits per heavy atom. The molecule has 0 aliphatic heterocycles. The molecule has 0 amide bonds. The number of hydrogen-bond donors (Lipinski definition) is 2. The van der Waals surface area contributed by atoms with E-state index < -0.39 is 0 Å². The first-order valence-corrected chi connectivity index (χ1v) is 9.08. The first-order chi connectivity index (χ1) is 11.7. The minimum Gasteiger partial charge on any atom is -0.374 e. The fourth-order valence-electron chi connectivity index (χ4n) is 2.80. The van der Waals surface area contributed by atoms with Crippen LogP contribution in [-0.2, 0) is 4.84 Å². The molecule has 0 radical (unpaired) electrons. The lowest BCUT2D eigenvalue weighted by molar-refractivity contribution is 0.129. The van der Waals surface area contributed by atoms with Crippen LogP contribution >= 0.6 is 0 Å². The monoisotopic (exact) mass is 350 g/mol. The van der Waals surface area contributed by atoms with E-state index in [9.17, 15) is 0 Å². The third kappa shape index (κ3) is 7.88. The first kappa shape index (κ1) is 23.4. The molecule has 0 aliphatic rings. The quantitative estimate of drug-likeness (QED) is 0.238. The highest BCUT2D eigenvalue weighted by atomic mass is 16.6. The molecule has 0 spiro atoms. The van der Waals surface area contributed by atoms with Gasteiger partial charge in [0, 0.05) is 36.0 Å². The van der Waals surface area contributed by atoms with E-state index in [0.717, 1.165) is 48.6 Å². The Balaban J connectivity index is 5.65. The minimum atomic E-state index is 0.0730. The van der Waals surface area contributed by atoms with Crippen molar-refractivity contribution >= 4 is 5.71 Å². The number of aliphatic imine (C=N–C) groups is 1. The van der Waals surface area contributed by atoms with Gasteiger partial charge in [0.1, 0.15) is 5.82 Å². The molecule has 0 aromatic carbocycles. The second-order valence-electron chi connectivity index (χ2n) is 6.97. The van der Waals surface area contributed by atoms with Gasteiger partial charge in [0.05, 0.1) is 6.61 Å². The topological polar surface area (TPSA) is 62.9 Å². The molecule has 0 aromatic rings. The Morgan fingerprint density at radius 2 is 2.00 bits per heavy atom. The highest BCUT2D eigenvalue weighted by Gasteiger charge is 2.21. The summed E-state index contributed by atoms with van der Waals surface area (Å²) in [5.41, 5.74) is 3.41. The van der Waals surface area contributed by atoms with Crippen molar-refractivity contribution in [1.82, 2.24) is 10.2 Å². The molecule has 0 heterocycles. The Morgan fingerprint density at radius 3 is 2.48 bits per heavy atom. The molecule has 0 rings (SSSR count). The van der Waals surface area contributed by atoms with E-state index >= 15 is 0 Å². The van der Waals surface area contributed by atoms with E-state index in [1.54, 1.807) is 6.20 Å². The molecule has 144 valence electrons. The number of likely N-dealkylation sites (N-methyl/N-ethyl adjacent to an activating group) is 1. The van der Waals surface area contributed by atoms with Gasteiger partial charge in [-0.2, -0.15) is 0 Å². The van der Waals surface area contributed by atoms with E-state index in [-0.39, 0.29) is 5.41 Å². The molecule has 3 N–H and O–H groups in total. The van der Waals surface area contributed by atoms with E-state index in [2.05, 4.69) is 69.4 Å². The molecule has 25 heavy (non-hydrogen) atoms. The van der Waals surface area contributed by atoms with Crippen LogP contribution in [0, 0.1) is 5.41 Å². The summed E-state index contributed by atoms with van der Waals surface area (Å²) in [6.07, 6.45) is 6.90. The van der Waals surface area contributed by atoms with Crippen molar-refractivity contribution < 1.29 is 4.84 Å². The fraction of sp³-hybridized carbons (Fsp3) is 0.650. The number of nitrogens with two attached hydrogens (primary N) is 1. The van der Waals surface area contributed by atoms with Crippen LogP contribution < -0.4 is 11.2 Å². The van der Waals surface area contributed by atoms with Crippen LogP contribution in [0.5, 0.6) is 0 Å². The second kappa shape index (κ2) is 11.9. The standard InChI is InChI=1S/C20H38N4O/c1-9-13-20(6,7)17(5)23-19(22-11-3)16(4)18(10-2)24(8)14-12-15-25-21/h10-11,22H,3,9,12-15,21H2,1-2,4-8H3/b18-10-,19-16+,23-17+. The molecule has 0 aromatic heterocycles. The van der Waals surface area contributed by atoms with Gasteiger partial charge in [-0.25, -0.2) is 10.9 Å². The van der Waals surface area contributed by atoms with Gasteiger partial charge in [-0.15, -0.1) is 0 Å². The van der Waals surface area contributed by atoms with Crippen LogP contribution in [0.15, 0.2) is 40.9 Å². The maximum absolute atomic E-state index is 5.11. The zero-order valence-electron chi connectivity index (χ0n) is 17.3. The van der Waals surface area contributed by atoms with Gasteiger partial charge >= 0.3 is 0 Å². The summed E-state index contributed by atoms with van der Waals surface area (Å²) >= 11 is 0. The molecule has 0 saturated heterocycles. The zero-order chi connectivity index (χ0) is 19.5. The second-order valence-corrected chi connectivity index (χ2v) is 6.97. The van der Waals surface area contributed by atoms with Crippen molar-refractivity contribution in [3.8, 4) is 0 Å². The average molecular weight is 351 g/mol. The van der Waals surface area contributed by atoms with Gasteiger partial charge in [0.25, 0.3) is 0 Å². The van der Waals surface area contributed by atoms with Crippen molar-refractivity contribution in [1.29, 1.82) is 0 Å². The molecule has 0 unspecified atom stereocenters. The Kier molecular flexibility index (Phi) is 11.1. The maximum atomic E-state index is 5.11. The summed E-state index contributed by atoms with van der Waals surface area (Å²) in [4.78, 5) is 11.8. The molecular weight excluding hydrogens is 312 g/mol. The third-order valence-corrected chi connectivity index (χ3v) is 4.55. The molecule has 0 saturated carbocycles. The van der Waals surface area contributed by atoms with Crippen LogP contribution in [0.3, 0.4) is 0 Å². The Hall–Kier alpha value is -1.59. The van der Waals surface area contributed by atoms with Crippen LogP contribution in [0.2, 0.25) is 0 Å². The predicted octanol–water partition coefficient (Wildman–Crippen LogP) is 4.35. The van der Waals surface area contributed by atoms with Crippen molar-refractivity contribution in [3.63, 3.8) is 0 Å². The molecule has 5 heteroatoms. The normalized spacial score (nSPS) is 14.2. The number of nitrogens with one attached hydrogen (secondary N) is 1. The highest BCUT2D eigenvalue weighted by Crippen LogP contribution is 2.26. The molecule has 0 bridgehead atoms. The molecular formula is C20H38N4O. The van der Waals surface area contributed by atoms with Crippen molar-refractivity contribution in [3.05, 3.63) is 35.9 Å². The summed E-state index contributed by atoms with van der Waals surface area (Å²) in [5.74, 6) is 5.95. The van der Waals surface area contributed by atoms with Crippen LogP contribution in [0.1, 0.15) is 60.8 Å². The molecule has 0 atom stereocenters. The summed E-state index contributed by atoms with van der Waals surface area (Å²) in [5, 5.41) is 3.21. The van der Waals surface area contributed by atoms with Gasteiger partial charge < -0.3 is 15.1 Å². The Labute approximate surface area is 154 Å². The summed E-state index contributed by atoms with van der Waals surface area (Å²) in [6.45, 7) is 18.1. The number of hydrogen-bond acceptors (Lipinski definition) is 5. The summed E-state index contributed by atoms with van der Waals surface area (Å²) < 4.78 is 0. The smallest absolute Gasteiger partial charge is 0.134 e. The van der Waals surface area contributed by atoms with Gasteiger partial charge in [-0.3, -0.25) is 0 Å². The van der Waals surface area contributed by atoms with E-state index in [1.165, 1.54) is 0 Å². The van der Waals surface area contributed by atoms with Crippen molar-refractivity contribution in [2.45, 2.75) is 60.8 Å². The van der Waals surface area contributed by atoms with E-state index in [1.807, 2.05) is 6.92 Å². The maximum Gasteiger partial charge on any atom is 0.134 e. The first-order valence-electron chi connectivity index (χ1n) is 9.08. The number of allylic oxidation sites excluding steroid dienone is 2.